The number of hydrogen-bond donors (Lipinski definition) is 2. The molecule has 0 saturated carbocycles. The Kier molecular flexibility index (Phi) is 4.11. The first kappa shape index (κ1) is 13.2. The van der Waals surface area contributed by atoms with Crippen LogP contribution in [0.4, 0.5) is 0 Å². The number of nitrogens with one attached hydrogen (secondary N) is 1. The maximum Gasteiger partial charge on any atom is 0.108 e. The summed E-state index contributed by atoms with van der Waals surface area (Å²) >= 11 is 1.57. The third-order valence-corrected chi connectivity index (χ3v) is 4.11. The summed E-state index contributed by atoms with van der Waals surface area (Å²) in [6.07, 6.45) is 3.61. The molecule has 0 aromatic carbocycles. The number of rotatable bonds is 5. The van der Waals surface area contributed by atoms with E-state index in [1.165, 1.54) is 0 Å². The second-order valence-electron chi connectivity index (χ2n) is 4.64. The van der Waals surface area contributed by atoms with Crippen molar-refractivity contribution in [1.29, 1.82) is 0 Å². The molecule has 2 heterocycles. The Morgan fingerprint density at radius 3 is 2.89 bits per heavy atom. The Morgan fingerprint density at radius 2 is 2.28 bits per heavy atom. The molecule has 0 fully saturated rings. The fourth-order valence-electron chi connectivity index (χ4n) is 1.77. The maximum atomic E-state index is 10.4. The van der Waals surface area contributed by atoms with Gasteiger partial charge in [-0.1, -0.05) is 12.1 Å². The molecule has 18 heavy (non-hydrogen) atoms. The van der Waals surface area contributed by atoms with E-state index in [2.05, 4.69) is 17.2 Å². The maximum absolute atomic E-state index is 10.4. The molecule has 0 bridgehead atoms. The summed E-state index contributed by atoms with van der Waals surface area (Å²) in [6, 6.07) is 8.04. The standard InChI is InChI=1S/C14H18N2OS/c1-11(12-5-3-7-15-9-12)16-10-14(2,17)13-6-4-8-18-13/h3-9,11,16-17H,10H2,1-2H3. The number of pyridine rings is 1. The Balaban J connectivity index is 1.96. The van der Waals surface area contributed by atoms with Crippen molar-refractivity contribution in [3.63, 3.8) is 0 Å². The molecule has 4 heteroatoms. The van der Waals surface area contributed by atoms with Crippen LogP contribution in [0, 0.1) is 0 Å². The van der Waals surface area contributed by atoms with Crippen molar-refractivity contribution in [1.82, 2.24) is 10.3 Å². The van der Waals surface area contributed by atoms with E-state index in [0.717, 1.165) is 10.4 Å². The lowest BCUT2D eigenvalue weighted by Crippen LogP contribution is -2.36. The summed E-state index contributed by atoms with van der Waals surface area (Å²) in [5.74, 6) is 0. The van der Waals surface area contributed by atoms with Crippen LogP contribution in [0.5, 0.6) is 0 Å². The average molecular weight is 262 g/mol. The average Bonchev–Trinajstić information content (AvgIpc) is 2.92. The molecule has 96 valence electrons. The summed E-state index contributed by atoms with van der Waals surface area (Å²) in [6.45, 7) is 4.42. The molecule has 0 spiro atoms. The van der Waals surface area contributed by atoms with Gasteiger partial charge in [-0.2, -0.15) is 0 Å². The van der Waals surface area contributed by atoms with E-state index in [1.807, 2.05) is 42.8 Å². The van der Waals surface area contributed by atoms with Crippen molar-refractivity contribution in [2.45, 2.75) is 25.5 Å². The zero-order chi connectivity index (χ0) is 13.0. The van der Waals surface area contributed by atoms with Gasteiger partial charge in [0.25, 0.3) is 0 Å². The van der Waals surface area contributed by atoms with Crippen molar-refractivity contribution >= 4 is 11.3 Å². The molecule has 2 aromatic rings. The smallest absolute Gasteiger partial charge is 0.108 e. The Labute approximate surface area is 112 Å². The first-order chi connectivity index (χ1) is 8.59. The molecule has 0 aliphatic heterocycles. The fourth-order valence-corrected chi connectivity index (χ4v) is 2.56. The lowest BCUT2D eigenvalue weighted by atomic mass is 10.0. The van der Waals surface area contributed by atoms with Crippen molar-refractivity contribution in [2.24, 2.45) is 0 Å². The van der Waals surface area contributed by atoms with Crippen LogP contribution < -0.4 is 5.32 Å². The second kappa shape index (κ2) is 5.61. The summed E-state index contributed by atoms with van der Waals surface area (Å²) in [5, 5.41) is 15.7. The molecule has 2 unspecified atom stereocenters. The molecule has 0 amide bonds. The van der Waals surface area contributed by atoms with Gasteiger partial charge in [-0.3, -0.25) is 4.98 Å². The van der Waals surface area contributed by atoms with Crippen molar-refractivity contribution in [3.8, 4) is 0 Å². The zero-order valence-electron chi connectivity index (χ0n) is 10.6. The largest absolute Gasteiger partial charge is 0.383 e. The van der Waals surface area contributed by atoms with Crippen molar-refractivity contribution < 1.29 is 5.11 Å². The summed E-state index contributed by atoms with van der Waals surface area (Å²) in [7, 11) is 0. The van der Waals surface area contributed by atoms with E-state index in [9.17, 15) is 5.11 Å². The molecule has 3 nitrogen and oxygen atoms in total. The molecule has 2 rings (SSSR count). The Bertz CT molecular complexity index is 468. The predicted molar refractivity (Wildman–Crippen MR) is 74.5 cm³/mol. The Hall–Kier alpha value is -1.23. The number of nitrogens with zero attached hydrogens (tertiary/aromatic N) is 1. The van der Waals surface area contributed by atoms with Crippen LogP contribution in [0.3, 0.4) is 0 Å². The SMILES string of the molecule is CC(NCC(C)(O)c1cccs1)c1cccnc1. The minimum atomic E-state index is -0.829. The first-order valence-corrected chi connectivity index (χ1v) is 6.87. The third kappa shape index (κ3) is 3.16. The van der Waals surface area contributed by atoms with E-state index >= 15 is 0 Å². The number of hydrogen-bond acceptors (Lipinski definition) is 4. The minimum absolute atomic E-state index is 0.171. The zero-order valence-corrected chi connectivity index (χ0v) is 11.4. The molecule has 2 aromatic heterocycles. The minimum Gasteiger partial charge on any atom is -0.383 e. The lowest BCUT2D eigenvalue weighted by Gasteiger charge is -2.25. The summed E-state index contributed by atoms with van der Waals surface area (Å²) in [4.78, 5) is 5.08. The van der Waals surface area contributed by atoms with E-state index < -0.39 is 5.60 Å². The molecule has 0 aliphatic rings. The highest BCUT2D eigenvalue weighted by Crippen LogP contribution is 2.25. The molecule has 0 radical (unpaired) electrons. The highest BCUT2D eigenvalue weighted by molar-refractivity contribution is 7.10. The van der Waals surface area contributed by atoms with Crippen LogP contribution in [-0.4, -0.2) is 16.6 Å². The second-order valence-corrected chi connectivity index (χ2v) is 5.59. The highest BCUT2D eigenvalue weighted by atomic mass is 32.1. The van der Waals surface area contributed by atoms with Crippen LogP contribution in [0.25, 0.3) is 0 Å². The summed E-state index contributed by atoms with van der Waals surface area (Å²) < 4.78 is 0. The van der Waals surface area contributed by atoms with Gasteiger partial charge in [-0.05, 0) is 36.9 Å². The van der Waals surface area contributed by atoms with Crippen LogP contribution in [-0.2, 0) is 5.60 Å². The van der Waals surface area contributed by atoms with Gasteiger partial charge in [0.1, 0.15) is 5.60 Å². The quantitative estimate of drug-likeness (QED) is 0.871. The first-order valence-electron chi connectivity index (χ1n) is 5.99. The van der Waals surface area contributed by atoms with Crippen molar-refractivity contribution in [3.05, 3.63) is 52.5 Å². The van der Waals surface area contributed by atoms with Crippen LogP contribution >= 0.6 is 11.3 Å². The van der Waals surface area contributed by atoms with Gasteiger partial charge >= 0.3 is 0 Å². The fraction of sp³-hybridized carbons (Fsp3) is 0.357. The van der Waals surface area contributed by atoms with Gasteiger partial charge in [0.2, 0.25) is 0 Å². The lowest BCUT2D eigenvalue weighted by molar-refractivity contribution is 0.0581. The van der Waals surface area contributed by atoms with Gasteiger partial charge in [-0.15, -0.1) is 11.3 Å². The molecule has 2 N–H and O–H groups in total. The van der Waals surface area contributed by atoms with E-state index in [4.69, 9.17) is 0 Å². The molecular weight excluding hydrogens is 244 g/mol. The van der Waals surface area contributed by atoms with Crippen LogP contribution in [0.2, 0.25) is 0 Å². The van der Waals surface area contributed by atoms with E-state index in [1.54, 1.807) is 17.5 Å². The number of aromatic nitrogens is 1. The van der Waals surface area contributed by atoms with E-state index in [0.29, 0.717) is 6.54 Å². The topological polar surface area (TPSA) is 45.1 Å². The number of thiophene rings is 1. The number of aliphatic hydroxyl groups is 1. The van der Waals surface area contributed by atoms with Gasteiger partial charge in [0, 0.05) is 29.9 Å². The van der Waals surface area contributed by atoms with Crippen molar-refractivity contribution in [2.75, 3.05) is 6.54 Å². The van der Waals surface area contributed by atoms with Gasteiger partial charge in [-0.25, -0.2) is 0 Å². The third-order valence-electron chi connectivity index (χ3n) is 2.99. The highest BCUT2D eigenvalue weighted by Gasteiger charge is 2.24. The molecule has 0 saturated heterocycles. The molecule has 2 atom stereocenters. The molecule has 0 aliphatic carbocycles. The van der Waals surface area contributed by atoms with Gasteiger partial charge < -0.3 is 10.4 Å². The van der Waals surface area contributed by atoms with E-state index in [-0.39, 0.29) is 6.04 Å². The van der Waals surface area contributed by atoms with Crippen LogP contribution in [0.1, 0.15) is 30.3 Å². The van der Waals surface area contributed by atoms with Gasteiger partial charge in [0.05, 0.1) is 0 Å². The molecular formula is C14H18N2OS. The normalized spacial score (nSPS) is 16.2. The summed E-state index contributed by atoms with van der Waals surface area (Å²) in [5.41, 5.74) is 0.296. The Morgan fingerprint density at radius 1 is 1.44 bits per heavy atom. The van der Waals surface area contributed by atoms with Gasteiger partial charge in [0.15, 0.2) is 0 Å². The monoisotopic (exact) mass is 262 g/mol. The predicted octanol–water partition coefficient (Wildman–Crippen LogP) is 2.70. The van der Waals surface area contributed by atoms with Crippen LogP contribution in [0.15, 0.2) is 42.0 Å².